The molecule has 1 aliphatic carbocycles. The summed E-state index contributed by atoms with van der Waals surface area (Å²) in [6.45, 7) is 0. The Hall–Kier alpha value is -2.14. The van der Waals surface area contributed by atoms with Gasteiger partial charge in [-0.05, 0) is 55.5 Å². The molecule has 23 heavy (non-hydrogen) atoms. The van der Waals surface area contributed by atoms with Gasteiger partial charge in [-0.2, -0.15) is 0 Å². The number of hydrogen-bond donors (Lipinski definition) is 0. The summed E-state index contributed by atoms with van der Waals surface area (Å²) in [5.41, 5.74) is 1.69. The average Bonchev–Trinajstić information content (AvgIpc) is 2.77. The van der Waals surface area contributed by atoms with Crippen LogP contribution in [0.2, 0.25) is 0 Å². The van der Waals surface area contributed by atoms with Gasteiger partial charge < -0.3 is 9.15 Å². The molecule has 2 aromatic heterocycles. The van der Waals surface area contributed by atoms with Crippen LogP contribution in [0.4, 0.5) is 0 Å². The molecular weight excluding hydrogens is 310 g/mol. The Bertz CT molecular complexity index is 908. The molecule has 3 aromatic rings. The summed E-state index contributed by atoms with van der Waals surface area (Å²) in [5.74, 6) is 1.14. The molecular formula is C18H17NO3S. The molecule has 4 rings (SSSR count). The predicted molar refractivity (Wildman–Crippen MR) is 91.4 cm³/mol. The van der Waals surface area contributed by atoms with Crippen LogP contribution in [0.25, 0.3) is 21.7 Å². The van der Waals surface area contributed by atoms with Crippen LogP contribution in [-0.2, 0) is 12.8 Å². The summed E-state index contributed by atoms with van der Waals surface area (Å²) in [6, 6.07) is 7.39. The molecule has 0 N–H and O–H groups in total. The Morgan fingerprint density at radius 3 is 2.70 bits per heavy atom. The van der Waals surface area contributed by atoms with Crippen LogP contribution >= 0.6 is 11.3 Å². The SMILES string of the molecule is COc1ccc(-c2nc3sc4c(c3c(=O)o2)CCCCC4)cc1. The molecule has 0 amide bonds. The summed E-state index contributed by atoms with van der Waals surface area (Å²) in [7, 11) is 1.62. The molecule has 0 saturated heterocycles. The molecule has 0 unspecified atom stereocenters. The molecule has 2 heterocycles. The van der Waals surface area contributed by atoms with E-state index >= 15 is 0 Å². The summed E-state index contributed by atoms with van der Waals surface area (Å²) in [4.78, 5) is 19.2. The van der Waals surface area contributed by atoms with Gasteiger partial charge in [0.2, 0.25) is 5.89 Å². The number of thiophene rings is 1. The second kappa shape index (κ2) is 5.81. The molecule has 0 radical (unpaired) electrons. The maximum absolute atomic E-state index is 12.5. The molecule has 1 aromatic carbocycles. The van der Waals surface area contributed by atoms with Crippen molar-refractivity contribution >= 4 is 21.6 Å². The molecule has 1 aliphatic rings. The molecule has 0 aliphatic heterocycles. The van der Waals surface area contributed by atoms with Gasteiger partial charge in [0.15, 0.2) is 0 Å². The number of ether oxygens (including phenoxy) is 1. The van der Waals surface area contributed by atoms with Crippen LogP contribution in [0.5, 0.6) is 5.75 Å². The standard InChI is InChI=1S/C18H17NO3S/c1-21-12-9-7-11(8-10-12)16-19-17-15(18(20)22-16)13-5-3-2-4-6-14(13)23-17/h7-10H,2-6H2,1H3. The van der Waals surface area contributed by atoms with Crippen molar-refractivity contribution < 1.29 is 9.15 Å². The van der Waals surface area contributed by atoms with Crippen molar-refractivity contribution in [2.45, 2.75) is 32.1 Å². The maximum Gasteiger partial charge on any atom is 0.348 e. The van der Waals surface area contributed by atoms with E-state index in [2.05, 4.69) is 4.98 Å². The van der Waals surface area contributed by atoms with Crippen molar-refractivity contribution in [3.63, 3.8) is 0 Å². The van der Waals surface area contributed by atoms with E-state index in [1.165, 1.54) is 23.3 Å². The molecule has 0 saturated carbocycles. The first-order valence-corrected chi connectivity index (χ1v) is 8.68. The second-order valence-corrected chi connectivity index (χ2v) is 6.86. The number of fused-ring (bicyclic) bond motifs is 3. The molecule has 118 valence electrons. The fourth-order valence-corrected chi connectivity index (χ4v) is 4.37. The van der Waals surface area contributed by atoms with Gasteiger partial charge in [-0.3, -0.25) is 0 Å². The minimum Gasteiger partial charge on any atom is -0.497 e. The monoisotopic (exact) mass is 327 g/mol. The maximum atomic E-state index is 12.5. The van der Waals surface area contributed by atoms with Crippen LogP contribution in [0.1, 0.15) is 29.7 Å². The van der Waals surface area contributed by atoms with Crippen LogP contribution in [0.3, 0.4) is 0 Å². The minimum atomic E-state index is -0.264. The topological polar surface area (TPSA) is 52.3 Å². The van der Waals surface area contributed by atoms with E-state index in [0.717, 1.165) is 35.4 Å². The number of hydrogen-bond acceptors (Lipinski definition) is 5. The third-order valence-corrected chi connectivity index (χ3v) is 5.52. The Morgan fingerprint density at radius 1 is 1.13 bits per heavy atom. The largest absolute Gasteiger partial charge is 0.497 e. The number of aromatic nitrogens is 1. The third-order valence-electron chi connectivity index (χ3n) is 4.34. The Morgan fingerprint density at radius 2 is 1.91 bits per heavy atom. The number of aryl methyl sites for hydroxylation is 2. The molecule has 5 heteroatoms. The van der Waals surface area contributed by atoms with Gasteiger partial charge >= 0.3 is 5.63 Å². The van der Waals surface area contributed by atoms with Crippen molar-refractivity contribution in [1.29, 1.82) is 0 Å². The van der Waals surface area contributed by atoms with E-state index in [-0.39, 0.29) is 5.63 Å². The van der Waals surface area contributed by atoms with E-state index in [4.69, 9.17) is 9.15 Å². The lowest BCUT2D eigenvalue weighted by molar-refractivity contribution is 0.415. The zero-order valence-corrected chi connectivity index (χ0v) is 13.7. The number of methoxy groups -OCH3 is 1. The molecule has 0 spiro atoms. The lowest BCUT2D eigenvalue weighted by Gasteiger charge is -2.02. The van der Waals surface area contributed by atoms with Crippen molar-refractivity contribution in [2.75, 3.05) is 7.11 Å². The van der Waals surface area contributed by atoms with E-state index in [0.29, 0.717) is 11.3 Å². The third kappa shape index (κ3) is 2.55. The number of benzene rings is 1. The van der Waals surface area contributed by atoms with E-state index in [1.807, 2.05) is 24.3 Å². The zero-order valence-electron chi connectivity index (χ0n) is 12.9. The quantitative estimate of drug-likeness (QED) is 0.662. The Balaban J connectivity index is 1.85. The van der Waals surface area contributed by atoms with Crippen molar-refractivity contribution in [2.24, 2.45) is 0 Å². The van der Waals surface area contributed by atoms with Gasteiger partial charge in [0.1, 0.15) is 16.0 Å². The van der Waals surface area contributed by atoms with Gasteiger partial charge in [-0.25, -0.2) is 9.78 Å². The highest BCUT2D eigenvalue weighted by atomic mass is 32.1. The average molecular weight is 327 g/mol. The highest BCUT2D eigenvalue weighted by Gasteiger charge is 2.20. The van der Waals surface area contributed by atoms with Gasteiger partial charge in [0, 0.05) is 10.4 Å². The van der Waals surface area contributed by atoms with Gasteiger partial charge in [0.25, 0.3) is 0 Å². The number of nitrogens with zero attached hydrogens (tertiary/aromatic N) is 1. The van der Waals surface area contributed by atoms with Crippen LogP contribution < -0.4 is 10.4 Å². The van der Waals surface area contributed by atoms with Crippen molar-refractivity contribution in [3.8, 4) is 17.2 Å². The second-order valence-electron chi connectivity index (χ2n) is 5.78. The van der Waals surface area contributed by atoms with Crippen molar-refractivity contribution in [3.05, 3.63) is 45.1 Å². The lowest BCUT2D eigenvalue weighted by Crippen LogP contribution is -2.03. The van der Waals surface area contributed by atoms with Gasteiger partial charge in [-0.1, -0.05) is 6.42 Å². The smallest absolute Gasteiger partial charge is 0.348 e. The van der Waals surface area contributed by atoms with Crippen molar-refractivity contribution in [1.82, 2.24) is 4.98 Å². The fourth-order valence-electron chi connectivity index (χ4n) is 3.13. The summed E-state index contributed by atoms with van der Waals surface area (Å²) in [5, 5.41) is 0.698. The molecule has 0 atom stereocenters. The highest BCUT2D eigenvalue weighted by molar-refractivity contribution is 7.18. The summed E-state index contributed by atoms with van der Waals surface area (Å²) in [6.07, 6.45) is 5.57. The fraction of sp³-hybridized carbons (Fsp3) is 0.333. The minimum absolute atomic E-state index is 0.264. The Labute approximate surface area is 137 Å². The van der Waals surface area contributed by atoms with Gasteiger partial charge in [-0.15, -0.1) is 11.3 Å². The summed E-state index contributed by atoms with van der Waals surface area (Å²) < 4.78 is 10.7. The molecule has 0 bridgehead atoms. The Kier molecular flexibility index (Phi) is 3.65. The van der Waals surface area contributed by atoms with Crippen LogP contribution in [0, 0.1) is 0 Å². The summed E-state index contributed by atoms with van der Waals surface area (Å²) >= 11 is 1.65. The first kappa shape index (κ1) is 14.5. The molecule has 0 fully saturated rings. The zero-order chi connectivity index (χ0) is 15.8. The van der Waals surface area contributed by atoms with E-state index in [1.54, 1.807) is 18.4 Å². The first-order chi connectivity index (χ1) is 11.3. The molecule has 4 nitrogen and oxygen atoms in total. The van der Waals surface area contributed by atoms with Crippen LogP contribution in [0.15, 0.2) is 33.5 Å². The van der Waals surface area contributed by atoms with Crippen LogP contribution in [-0.4, -0.2) is 12.1 Å². The van der Waals surface area contributed by atoms with E-state index < -0.39 is 0 Å². The first-order valence-electron chi connectivity index (χ1n) is 7.86. The normalized spacial score (nSPS) is 14.5. The van der Waals surface area contributed by atoms with E-state index in [9.17, 15) is 4.79 Å². The lowest BCUT2D eigenvalue weighted by atomic mass is 10.1. The van der Waals surface area contributed by atoms with Gasteiger partial charge in [0.05, 0.1) is 7.11 Å². The number of rotatable bonds is 2. The highest BCUT2D eigenvalue weighted by Crippen LogP contribution is 2.34. The predicted octanol–water partition coefficient (Wildman–Crippen LogP) is 4.19.